The molecule has 10 heavy (non-hydrogen) atoms. The van der Waals surface area contributed by atoms with E-state index in [1.807, 2.05) is 0 Å². The normalized spacial score (nSPS) is 20.5. The zero-order valence-corrected chi connectivity index (χ0v) is 5.86. The first-order valence-corrected chi connectivity index (χ1v) is 3.66. The van der Waals surface area contributed by atoms with Gasteiger partial charge in [0.05, 0.1) is 11.3 Å². The fraction of sp³-hybridized carbons (Fsp3) is 1.00. The van der Waals surface area contributed by atoms with E-state index in [1.54, 1.807) is 0 Å². The predicted octanol–water partition coefficient (Wildman–Crippen LogP) is 1.69. The van der Waals surface area contributed by atoms with Crippen LogP contribution in [0.25, 0.3) is 0 Å². The highest BCUT2D eigenvalue weighted by molar-refractivity contribution is 4.68. The predicted molar refractivity (Wildman–Crippen MR) is 36.3 cm³/mol. The highest BCUT2D eigenvalue weighted by Crippen LogP contribution is 2.21. The maximum absolute atomic E-state index is 9.83. The van der Waals surface area contributed by atoms with Gasteiger partial charge in [-0.05, 0) is 12.8 Å². The second-order valence-corrected chi connectivity index (χ2v) is 2.69. The summed E-state index contributed by atoms with van der Waals surface area (Å²) in [6.45, 7) is 0. The van der Waals surface area contributed by atoms with Crippen LogP contribution in [0.4, 0.5) is 0 Å². The first-order chi connectivity index (χ1) is 4.84. The van der Waals surface area contributed by atoms with Crippen molar-refractivity contribution in [3.05, 3.63) is 4.91 Å². The van der Waals surface area contributed by atoms with Crippen LogP contribution in [0.3, 0.4) is 0 Å². The van der Waals surface area contributed by atoms with Crippen molar-refractivity contribution in [1.82, 2.24) is 5.17 Å². The summed E-state index contributed by atoms with van der Waals surface area (Å²) in [6, 6.07) is -0.0220. The molecule has 1 aliphatic carbocycles. The van der Waals surface area contributed by atoms with Gasteiger partial charge in [-0.2, -0.15) is 0 Å². The molecule has 0 aromatic rings. The van der Waals surface area contributed by atoms with E-state index in [2.05, 4.69) is 5.29 Å². The van der Waals surface area contributed by atoms with E-state index in [0.717, 1.165) is 25.7 Å². The van der Waals surface area contributed by atoms with Crippen LogP contribution in [0, 0.1) is 4.91 Å². The van der Waals surface area contributed by atoms with Gasteiger partial charge in [0, 0.05) is 0 Å². The average Bonchev–Trinajstić information content (AvgIpc) is 2.05. The van der Waals surface area contributed by atoms with Crippen LogP contribution in [-0.2, 0) is 0 Å². The zero-order chi connectivity index (χ0) is 7.40. The third kappa shape index (κ3) is 1.67. The summed E-state index contributed by atoms with van der Waals surface area (Å²) in [7, 11) is 0. The topological polar surface area (TPSA) is 52.9 Å². The Morgan fingerprint density at radius 2 is 1.90 bits per heavy atom. The molecule has 0 spiro atoms. The van der Waals surface area contributed by atoms with Crippen molar-refractivity contribution in [2.75, 3.05) is 0 Å². The van der Waals surface area contributed by atoms with Crippen LogP contribution in [0.1, 0.15) is 32.1 Å². The molecule has 1 N–H and O–H groups in total. The standard InChI is InChI=1S/C6H12N2O2/c9-7-8(10)6-4-2-1-3-5-6/h6,10H,1-5H2. The molecule has 1 saturated carbocycles. The monoisotopic (exact) mass is 144 g/mol. The molecule has 0 aliphatic heterocycles. The van der Waals surface area contributed by atoms with Crippen molar-refractivity contribution in [2.45, 2.75) is 38.1 Å². The van der Waals surface area contributed by atoms with Gasteiger partial charge in [0.25, 0.3) is 0 Å². The molecule has 0 heterocycles. The largest absolute Gasteiger partial charge is 0.269 e. The van der Waals surface area contributed by atoms with Gasteiger partial charge in [0.15, 0.2) is 0 Å². The Morgan fingerprint density at radius 3 is 2.40 bits per heavy atom. The van der Waals surface area contributed by atoms with Crippen molar-refractivity contribution < 1.29 is 5.21 Å². The fourth-order valence-corrected chi connectivity index (χ4v) is 1.38. The van der Waals surface area contributed by atoms with Gasteiger partial charge < -0.3 is 0 Å². The fourth-order valence-electron chi connectivity index (χ4n) is 1.38. The van der Waals surface area contributed by atoms with E-state index >= 15 is 0 Å². The Hall–Kier alpha value is -0.640. The highest BCUT2D eigenvalue weighted by atomic mass is 16.6. The molecular weight excluding hydrogens is 132 g/mol. The molecule has 0 amide bonds. The third-order valence-corrected chi connectivity index (χ3v) is 1.98. The summed E-state index contributed by atoms with van der Waals surface area (Å²) in [6.07, 6.45) is 5.18. The molecule has 0 bridgehead atoms. The van der Waals surface area contributed by atoms with Gasteiger partial charge in [-0.25, -0.2) is 0 Å². The van der Waals surface area contributed by atoms with Crippen molar-refractivity contribution in [3.63, 3.8) is 0 Å². The Kier molecular flexibility index (Phi) is 2.62. The molecule has 4 nitrogen and oxygen atoms in total. The van der Waals surface area contributed by atoms with Crippen LogP contribution < -0.4 is 0 Å². The number of hydroxylamine groups is 1. The van der Waals surface area contributed by atoms with Gasteiger partial charge >= 0.3 is 0 Å². The van der Waals surface area contributed by atoms with Gasteiger partial charge in [0.1, 0.15) is 0 Å². The minimum absolute atomic E-state index is 0.0220. The van der Waals surface area contributed by atoms with E-state index in [4.69, 9.17) is 5.21 Å². The molecule has 1 rings (SSSR count). The number of nitroso groups, excluding NO2 is 1. The van der Waals surface area contributed by atoms with Crippen LogP contribution in [-0.4, -0.2) is 16.4 Å². The molecule has 1 fully saturated rings. The van der Waals surface area contributed by atoms with Crippen LogP contribution in [0.5, 0.6) is 0 Å². The number of hydrogen-bond acceptors (Lipinski definition) is 3. The maximum atomic E-state index is 9.83. The second kappa shape index (κ2) is 3.51. The lowest BCUT2D eigenvalue weighted by atomic mass is 9.96. The van der Waals surface area contributed by atoms with E-state index in [1.165, 1.54) is 6.42 Å². The van der Waals surface area contributed by atoms with E-state index in [-0.39, 0.29) is 6.04 Å². The lowest BCUT2D eigenvalue weighted by Crippen LogP contribution is -2.29. The number of rotatable bonds is 2. The SMILES string of the molecule is O=NN(O)C1CCCCC1. The summed E-state index contributed by atoms with van der Waals surface area (Å²) in [5, 5.41) is 11.8. The minimum atomic E-state index is -0.0220. The van der Waals surface area contributed by atoms with Gasteiger partial charge in [-0.1, -0.05) is 19.3 Å². The number of hydrogen-bond donors (Lipinski definition) is 1. The summed E-state index contributed by atoms with van der Waals surface area (Å²) in [5.74, 6) is 0. The maximum Gasteiger partial charge on any atom is 0.0790 e. The molecule has 0 atom stereocenters. The van der Waals surface area contributed by atoms with E-state index in [9.17, 15) is 4.91 Å². The Morgan fingerprint density at radius 1 is 1.30 bits per heavy atom. The second-order valence-electron chi connectivity index (χ2n) is 2.69. The molecule has 1 aliphatic rings. The summed E-state index contributed by atoms with van der Waals surface area (Å²) >= 11 is 0. The lowest BCUT2D eigenvalue weighted by Gasteiger charge is -2.23. The summed E-state index contributed by atoms with van der Waals surface area (Å²) in [4.78, 5) is 9.83. The van der Waals surface area contributed by atoms with E-state index < -0.39 is 0 Å². The van der Waals surface area contributed by atoms with E-state index in [0.29, 0.717) is 5.17 Å². The average molecular weight is 144 g/mol. The Labute approximate surface area is 59.7 Å². The zero-order valence-electron chi connectivity index (χ0n) is 5.86. The Bertz CT molecular complexity index is 112. The molecule has 0 aromatic heterocycles. The smallest absolute Gasteiger partial charge is 0.0790 e. The van der Waals surface area contributed by atoms with Gasteiger partial charge in [-0.15, -0.1) is 10.1 Å². The van der Waals surface area contributed by atoms with Crippen molar-refractivity contribution in [1.29, 1.82) is 0 Å². The lowest BCUT2D eigenvalue weighted by molar-refractivity contribution is -0.136. The molecular formula is C6H12N2O2. The van der Waals surface area contributed by atoms with Crippen molar-refractivity contribution in [3.8, 4) is 0 Å². The third-order valence-electron chi connectivity index (χ3n) is 1.98. The first kappa shape index (κ1) is 7.47. The molecule has 0 saturated heterocycles. The van der Waals surface area contributed by atoms with Gasteiger partial charge in [-0.3, -0.25) is 5.21 Å². The van der Waals surface area contributed by atoms with Crippen LogP contribution in [0.15, 0.2) is 5.29 Å². The molecule has 0 aromatic carbocycles. The number of nitrogens with zero attached hydrogens (tertiary/aromatic N) is 2. The molecule has 58 valence electrons. The Balaban J connectivity index is 2.30. The summed E-state index contributed by atoms with van der Waals surface area (Å²) < 4.78 is 0. The van der Waals surface area contributed by atoms with Crippen molar-refractivity contribution in [2.24, 2.45) is 5.29 Å². The minimum Gasteiger partial charge on any atom is -0.269 e. The van der Waals surface area contributed by atoms with Crippen LogP contribution >= 0.6 is 0 Å². The van der Waals surface area contributed by atoms with Crippen molar-refractivity contribution >= 4 is 0 Å². The highest BCUT2D eigenvalue weighted by Gasteiger charge is 2.18. The quantitative estimate of drug-likeness (QED) is 0.474. The molecule has 4 heteroatoms. The molecule has 0 radical (unpaired) electrons. The summed E-state index contributed by atoms with van der Waals surface area (Å²) in [5.41, 5.74) is 0. The first-order valence-electron chi connectivity index (χ1n) is 3.66. The molecule has 0 unspecified atom stereocenters. The van der Waals surface area contributed by atoms with Crippen LogP contribution in [0.2, 0.25) is 0 Å². The van der Waals surface area contributed by atoms with Gasteiger partial charge in [0.2, 0.25) is 0 Å².